The first kappa shape index (κ1) is 46.6. The molecule has 0 saturated carbocycles. The van der Waals surface area contributed by atoms with E-state index >= 15 is 0 Å². The van der Waals surface area contributed by atoms with Crippen molar-refractivity contribution in [3.8, 4) is 0 Å². The number of Topliss-reactive ketones (excluding diaryl/α,β-unsaturated/α-hetero) is 1. The van der Waals surface area contributed by atoms with Gasteiger partial charge in [-0.05, 0) is 85.2 Å². The fourth-order valence-electron chi connectivity index (χ4n) is 8.83. The number of thiophene rings is 1. The molecule has 3 saturated heterocycles. The monoisotopic (exact) mass is 846 g/mol. The van der Waals surface area contributed by atoms with E-state index in [0.29, 0.717) is 17.0 Å². The summed E-state index contributed by atoms with van der Waals surface area (Å²) in [6.45, 7) is 13.3. The Morgan fingerprint density at radius 1 is 1.10 bits per heavy atom. The van der Waals surface area contributed by atoms with Crippen molar-refractivity contribution in [1.82, 2.24) is 4.90 Å². The topological polar surface area (TPSA) is 218 Å². The van der Waals surface area contributed by atoms with Gasteiger partial charge in [-0.25, -0.2) is 4.99 Å². The van der Waals surface area contributed by atoms with Crippen LogP contribution in [0.2, 0.25) is 0 Å². The molecule has 2 amide bonds. The van der Waals surface area contributed by atoms with Crippen LogP contribution in [0.4, 0.5) is 0 Å². The molecule has 17 heteroatoms. The minimum atomic E-state index is -1.85. The number of hydrogen-bond donors (Lipinski definition) is 3. The van der Waals surface area contributed by atoms with Gasteiger partial charge in [-0.3, -0.25) is 19.2 Å². The van der Waals surface area contributed by atoms with E-state index in [1.807, 2.05) is 32.8 Å². The molecule has 3 fully saturated rings. The molecule has 0 radical (unpaired) electrons. The van der Waals surface area contributed by atoms with Gasteiger partial charge in [0.25, 0.3) is 11.8 Å². The van der Waals surface area contributed by atoms with Crippen LogP contribution in [0.5, 0.6) is 0 Å². The van der Waals surface area contributed by atoms with Crippen LogP contribution < -0.4 is 5.73 Å². The van der Waals surface area contributed by atoms with Crippen molar-refractivity contribution in [3.63, 3.8) is 0 Å². The first-order valence-corrected chi connectivity index (χ1v) is 21.3. The zero-order valence-corrected chi connectivity index (χ0v) is 36.6. The fourth-order valence-corrected chi connectivity index (χ4v) is 9.62. The summed E-state index contributed by atoms with van der Waals surface area (Å²) < 4.78 is 32.3. The predicted octanol–water partition coefficient (Wildman–Crippen LogP) is 3.55. The number of primary amides is 1. The lowest BCUT2D eigenvalue weighted by Crippen LogP contribution is -2.60. The third kappa shape index (κ3) is 10.4. The van der Waals surface area contributed by atoms with Gasteiger partial charge in [0.1, 0.15) is 29.4 Å². The van der Waals surface area contributed by atoms with Crippen LogP contribution >= 0.6 is 11.3 Å². The standard InChI is InChI=1S/C42H62N4O12S/c1-11-31-42(8,52)36-23(4)32-21(2)18-41(7,35(24(5)33(47)25(6)39(51)56-31)57-40-34(48)28(46(9)10)17-22(3)55-40)54-20-26(19-53-36)45-58-29(38(50)44-32)14-12-13-27-15-16-30(59-27)37(43)49/h12-13,15-16,21-25,28-29,31,34-36,40,48,52H,11,14,17-20H2,1-10H3,(H2,43,49)/b13-12+,44-32?,45-26+/t21-,22-,23-,24+,25-,28+,29?,31-,34-,35-,36+,40+,41-,42-/m1/s1. The molecule has 14 atom stereocenters. The number of aliphatic hydroxyl groups excluding tert-OH is 1. The molecular weight excluding hydrogens is 785 g/mol. The first-order valence-electron chi connectivity index (χ1n) is 20.5. The Morgan fingerprint density at radius 3 is 2.46 bits per heavy atom. The molecule has 0 spiro atoms. The van der Waals surface area contributed by atoms with Crippen LogP contribution in [0.15, 0.2) is 28.4 Å². The number of cyclic esters (lactones) is 1. The number of fused-ring (bicyclic) bond motifs is 4. The molecule has 4 aliphatic heterocycles. The number of esters is 1. The number of aliphatic imine (C=N–C) groups is 1. The molecule has 59 heavy (non-hydrogen) atoms. The maximum atomic E-state index is 14.4. The van der Waals surface area contributed by atoms with E-state index in [1.54, 1.807) is 52.0 Å². The second-order valence-corrected chi connectivity index (χ2v) is 18.3. The number of carbonyl (C=O) groups is 4. The van der Waals surface area contributed by atoms with E-state index < -0.39 is 95.3 Å². The summed E-state index contributed by atoms with van der Waals surface area (Å²) >= 11 is 1.21. The van der Waals surface area contributed by atoms with E-state index in [4.69, 9.17) is 39.2 Å². The quantitative estimate of drug-likeness (QED) is 0.252. The van der Waals surface area contributed by atoms with E-state index in [-0.39, 0.29) is 50.3 Å². The van der Waals surface area contributed by atoms with Crippen LogP contribution in [0.25, 0.3) is 6.08 Å². The van der Waals surface area contributed by atoms with E-state index in [2.05, 4.69) is 5.16 Å². The Morgan fingerprint density at radius 2 is 1.81 bits per heavy atom. The number of ether oxygens (including phenoxy) is 5. The number of carbonyl (C=O) groups excluding carboxylic acids is 4. The molecule has 4 bridgehead atoms. The third-order valence-electron chi connectivity index (χ3n) is 12.2. The zero-order valence-electron chi connectivity index (χ0n) is 35.8. The minimum Gasteiger partial charge on any atom is -0.459 e. The van der Waals surface area contributed by atoms with Crippen molar-refractivity contribution in [2.45, 2.75) is 141 Å². The zero-order chi connectivity index (χ0) is 43.6. The number of nitrogens with two attached hydrogens (primary N) is 1. The summed E-state index contributed by atoms with van der Waals surface area (Å²) in [5.41, 5.74) is 2.75. The van der Waals surface area contributed by atoms with Crippen molar-refractivity contribution in [2.75, 3.05) is 27.3 Å². The summed E-state index contributed by atoms with van der Waals surface area (Å²) in [5, 5.41) is 28.4. The van der Waals surface area contributed by atoms with Crippen LogP contribution in [-0.4, -0.2) is 138 Å². The number of nitrogens with zero attached hydrogens (tertiary/aromatic N) is 3. The molecule has 4 aliphatic rings. The van der Waals surface area contributed by atoms with E-state index in [0.717, 1.165) is 4.88 Å². The average Bonchev–Trinajstić information content (AvgIpc) is 3.65. The van der Waals surface area contributed by atoms with E-state index in [9.17, 15) is 29.4 Å². The summed E-state index contributed by atoms with van der Waals surface area (Å²) in [4.78, 5) is 67.9. The largest absolute Gasteiger partial charge is 0.459 e. The van der Waals surface area contributed by atoms with Gasteiger partial charge in [0.05, 0.1) is 42.0 Å². The van der Waals surface area contributed by atoms with Gasteiger partial charge >= 0.3 is 5.97 Å². The van der Waals surface area contributed by atoms with Crippen molar-refractivity contribution >= 4 is 52.4 Å². The molecule has 328 valence electrons. The van der Waals surface area contributed by atoms with Gasteiger partial charge in [-0.1, -0.05) is 38.9 Å². The summed E-state index contributed by atoms with van der Waals surface area (Å²) in [7, 11) is 3.72. The summed E-state index contributed by atoms with van der Waals surface area (Å²) in [5.74, 6) is -6.12. The van der Waals surface area contributed by atoms with Gasteiger partial charge in [-0.2, -0.15) is 0 Å². The number of hydrogen-bond acceptors (Lipinski definition) is 15. The first-order chi connectivity index (χ1) is 27.7. The Kier molecular flexibility index (Phi) is 15.1. The number of rotatable bonds is 8. The SMILES string of the molecule is CC[C@H]1OC(=O)[C@H](C)C(=O)[C@H](C)[C@@H](O[C@@H]2O[C@H](C)C[C@H](N(C)C)[C@H]2O)[C@@]2(C)C[C@@H](C)C3=NC(=O)C(C/C=C/c4ccc(C(N)=O)s4)O/N=C(\CO[C@@H]([C@@H]3C)[C@]1(C)O)CO2. The van der Waals surface area contributed by atoms with Gasteiger partial charge < -0.3 is 49.4 Å². The highest BCUT2D eigenvalue weighted by Crippen LogP contribution is 2.40. The number of aliphatic hydroxyl groups is 2. The van der Waals surface area contributed by atoms with Crippen LogP contribution in [0.3, 0.4) is 0 Å². The lowest BCUT2D eigenvalue weighted by atomic mass is 9.73. The average molecular weight is 847 g/mol. The predicted molar refractivity (Wildman–Crippen MR) is 220 cm³/mol. The van der Waals surface area contributed by atoms with Gasteiger partial charge in [0, 0.05) is 34.9 Å². The number of oxime groups is 1. The molecule has 1 unspecified atom stereocenters. The van der Waals surface area contributed by atoms with Gasteiger partial charge in [0.2, 0.25) is 6.10 Å². The molecule has 5 heterocycles. The molecular formula is C42H62N4O12S. The molecule has 0 aliphatic carbocycles. The molecule has 1 aromatic rings. The summed E-state index contributed by atoms with van der Waals surface area (Å²) in [6.07, 6.45) is -2.75. The number of ketones is 1. The van der Waals surface area contributed by atoms with Crippen LogP contribution in [-0.2, 0) is 42.9 Å². The maximum absolute atomic E-state index is 14.4. The van der Waals surface area contributed by atoms with Crippen molar-refractivity contribution in [2.24, 2.45) is 39.6 Å². The van der Waals surface area contributed by atoms with Gasteiger partial charge in [0.15, 0.2) is 12.1 Å². The fraction of sp³-hybridized carbons (Fsp3) is 0.714. The molecule has 0 aromatic carbocycles. The Hall–Kier alpha value is -3.42. The molecule has 5 rings (SSSR count). The third-order valence-corrected chi connectivity index (χ3v) is 13.2. The maximum Gasteiger partial charge on any atom is 0.316 e. The second kappa shape index (κ2) is 19.1. The lowest BCUT2D eigenvalue weighted by molar-refractivity contribution is -0.296. The Balaban J connectivity index is 1.65. The number of amides is 2. The highest BCUT2D eigenvalue weighted by atomic mass is 32.1. The molecule has 4 N–H and O–H groups in total. The Bertz CT molecular complexity index is 1790. The molecule has 16 nitrogen and oxygen atoms in total. The number of likely N-dealkylation sites (N-methyl/N-ethyl adjacent to an activating group) is 1. The van der Waals surface area contributed by atoms with E-state index in [1.165, 1.54) is 25.2 Å². The Labute approximate surface area is 350 Å². The highest BCUT2D eigenvalue weighted by molar-refractivity contribution is 7.14. The summed E-state index contributed by atoms with van der Waals surface area (Å²) in [6, 6.07) is 3.05. The second-order valence-electron chi connectivity index (χ2n) is 17.2. The minimum absolute atomic E-state index is 0.0667. The molecule has 1 aromatic heterocycles. The van der Waals surface area contributed by atoms with Crippen LogP contribution in [0.1, 0.15) is 95.6 Å². The van der Waals surface area contributed by atoms with Crippen LogP contribution in [0, 0.1) is 23.7 Å². The van der Waals surface area contributed by atoms with Crippen molar-refractivity contribution in [1.29, 1.82) is 0 Å². The smallest absolute Gasteiger partial charge is 0.316 e. The normalized spacial score (nSPS) is 40.1. The van der Waals surface area contributed by atoms with Crippen molar-refractivity contribution < 1.29 is 57.9 Å². The lowest BCUT2D eigenvalue weighted by Gasteiger charge is -2.47. The van der Waals surface area contributed by atoms with Crippen molar-refractivity contribution in [3.05, 3.63) is 28.0 Å². The van der Waals surface area contributed by atoms with Gasteiger partial charge in [-0.15, -0.1) is 11.3 Å². The highest BCUT2D eigenvalue weighted by Gasteiger charge is 2.53.